The smallest absolute Gasteiger partial charge is 0.324 e. The van der Waals surface area contributed by atoms with Crippen molar-refractivity contribution in [3.05, 3.63) is 17.5 Å². The summed E-state index contributed by atoms with van der Waals surface area (Å²) in [6, 6.07) is 1.61. The van der Waals surface area contributed by atoms with Crippen LogP contribution in [-0.2, 0) is 11.3 Å². The van der Waals surface area contributed by atoms with Crippen LogP contribution in [0.1, 0.15) is 44.1 Å². The molecular weight excluding hydrogens is 451 g/mol. The average Bonchev–Trinajstić information content (AvgIpc) is 3.20. The Morgan fingerprint density at radius 2 is 2.12 bits per heavy atom. The van der Waals surface area contributed by atoms with Crippen molar-refractivity contribution >= 4 is 41.9 Å². The van der Waals surface area contributed by atoms with Gasteiger partial charge in [-0.3, -0.25) is 14.7 Å². The van der Waals surface area contributed by atoms with Crippen molar-refractivity contribution in [2.24, 2.45) is 4.99 Å². The number of aromatic nitrogens is 1. The van der Waals surface area contributed by atoms with E-state index in [-0.39, 0.29) is 49.0 Å². The van der Waals surface area contributed by atoms with Crippen LogP contribution in [-0.4, -0.2) is 54.6 Å². The molecule has 1 saturated heterocycles. The van der Waals surface area contributed by atoms with Gasteiger partial charge in [-0.15, -0.1) is 24.0 Å². The molecule has 3 N–H and O–H groups in total. The summed E-state index contributed by atoms with van der Waals surface area (Å²) in [5.74, 6) is 1.50. The highest BCUT2D eigenvalue weighted by Crippen LogP contribution is 2.22. The van der Waals surface area contributed by atoms with Gasteiger partial charge in [0.2, 0.25) is 5.91 Å². The van der Waals surface area contributed by atoms with Crippen LogP contribution in [0.3, 0.4) is 0 Å². The Bertz CT molecular complexity index is 613. The van der Waals surface area contributed by atoms with E-state index >= 15 is 0 Å². The van der Waals surface area contributed by atoms with Crippen LogP contribution in [0.2, 0.25) is 0 Å². The van der Waals surface area contributed by atoms with E-state index < -0.39 is 0 Å². The predicted molar refractivity (Wildman–Crippen MR) is 109 cm³/mol. The lowest BCUT2D eigenvalue weighted by atomic mass is 9.99. The molecule has 0 unspecified atom stereocenters. The minimum atomic E-state index is -0.356. The fourth-order valence-electron chi connectivity index (χ4n) is 2.67. The first-order valence-corrected chi connectivity index (χ1v) is 8.57. The van der Waals surface area contributed by atoms with E-state index in [2.05, 4.69) is 39.9 Å². The van der Waals surface area contributed by atoms with Gasteiger partial charge in [0.05, 0.1) is 18.8 Å². The molecule has 9 nitrogen and oxygen atoms in total. The van der Waals surface area contributed by atoms with E-state index in [1.165, 1.54) is 4.90 Å². The van der Waals surface area contributed by atoms with Crippen LogP contribution in [0, 0.1) is 0 Å². The summed E-state index contributed by atoms with van der Waals surface area (Å²) in [5.41, 5.74) is 0.975. The lowest BCUT2D eigenvalue weighted by Gasteiger charge is -2.14. The highest BCUT2D eigenvalue weighted by molar-refractivity contribution is 14.0. The number of hydrogen-bond acceptors (Lipinski definition) is 5. The summed E-state index contributed by atoms with van der Waals surface area (Å²) in [7, 11) is 1.65. The summed E-state index contributed by atoms with van der Waals surface area (Å²) in [4.78, 5) is 28.2. The Hall–Kier alpha value is -1.85. The zero-order chi connectivity index (χ0) is 18.2. The fourth-order valence-corrected chi connectivity index (χ4v) is 2.67. The van der Waals surface area contributed by atoms with Crippen molar-refractivity contribution in [3.63, 3.8) is 0 Å². The van der Waals surface area contributed by atoms with Gasteiger partial charge in [0.1, 0.15) is 0 Å². The molecule has 146 valence electrons. The van der Waals surface area contributed by atoms with Gasteiger partial charge in [-0.05, 0) is 12.8 Å². The Kier molecular flexibility index (Phi) is 9.38. The van der Waals surface area contributed by atoms with Gasteiger partial charge in [-0.25, -0.2) is 4.79 Å². The molecule has 1 aliphatic heterocycles. The number of nitrogens with one attached hydrogen (secondary N) is 3. The lowest BCUT2D eigenvalue weighted by molar-refractivity contribution is -0.124. The average molecular weight is 478 g/mol. The van der Waals surface area contributed by atoms with Gasteiger partial charge in [0, 0.05) is 32.1 Å². The van der Waals surface area contributed by atoms with Gasteiger partial charge < -0.3 is 20.5 Å². The van der Waals surface area contributed by atoms with Crippen LogP contribution in [0.25, 0.3) is 0 Å². The number of aliphatic imine (C=N–C) groups is 1. The molecular formula is C16H27IN6O3. The first-order valence-electron chi connectivity index (χ1n) is 8.57. The van der Waals surface area contributed by atoms with Gasteiger partial charge in [-0.1, -0.05) is 19.0 Å². The van der Waals surface area contributed by atoms with Gasteiger partial charge >= 0.3 is 6.03 Å². The Morgan fingerprint density at radius 3 is 2.69 bits per heavy atom. The first kappa shape index (κ1) is 22.2. The molecule has 0 aromatic carbocycles. The SMILES string of the molecule is CCC(CC)c1cc(CNC(=NC)NCCN2C(=O)CNC2=O)on1.I. The first-order chi connectivity index (χ1) is 12.1. The third kappa shape index (κ3) is 5.85. The molecule has 2 heterocycles. The standard InChI is InChI=1S/C16H26N6O3.HI/c1-4-11(5-2)13-8-12(25-21-13)9-19-15(17-3)18-6-7-22-14(23)10-20-16(22)24;/h8,11H,4-7,9-10H2,1-3H3,(H,20,24)(H2,17,18,19);1H. The largest absolute Gasteiger partial charge is 0.359 e. The topological polar surface area (TPSA) is 112 Å². The van der Waals surface area contributed by atoms with Crippen LogP contribution < -0.4 is 16.0 Å². The molecule has 26 heavy (non-hydrogen) atoms. The van der Waals surface area contributed by atoms with Crippen LogP contribution >= 0.6 is 24.0 Å². The number of urea groups is 1. The molecule has 0 spiro atoms. The molecule has 0 saturated carbocycles. The highest BCUT2D eigenvalue weighted by atomic mass is 127. The van der Waals surface area contributed by atoms with Gasteiger partial charge in [-0.2, -0.15) is 0 Å². The quantitative estimate of drug-likeness (QED) is 0.226. The van der Waals surface area contributed by atoms with Crippen molar-refractivity contribution in [1.29, 1.82) is 0 Å². The van der Waals surface area contributed by atoms with Crippen molar-refractivity contribution in [3.8, 4) is 0 Å². The molecule has 1 aliphatic rings. The minimum absolute atomic E-state index is 0. The van der Waals surface area contributed by atoms with E-state index in [1.807, 2.05) is 6.07 Å². The maximum Gasteiger partial charge on any atom is 0.324 e. The molecule has 0 radical (unpaired) electrons. The number of carbonyl (C=O) groups excluding carboxylic acids is 2. The number of rotatable bonds is 8. The molecule has 2 rings (SSSR count). The minimum Gasteiger partial charge on any atom is -0.359 e. The molecule has 10 heteroatoms. The molecule has 0 aliphatic carbocycles. The monoisotopic (exact) mass is 478 g/mol. The highest BCUT2D eigenvalue weighted by Gasteiger charge is 2.27. The Morgan fingerprint density at radius 1 is 1.38 bits per heavy atom. The van der Waals surface area contributed by atoms with Crippen molar-refractivity contribution in [1.82, 2.24) is 26.0 Å². The number of carbonyl (C=O) groups is 2. The molecule has 1 aromatic heterocycles. The number of imide groups is 1. The molecule has 0 bridgehead atoms. The maximum atomic E-state index is 11.5. The Balaban J connectivity index is 0.00000338. The second kappa shape index (κ2) is 11.0. The number of guanidine groups is 1. The molecule has 3 amide bonds. The van der Waals surface area contributed by atoms with Crippen LogP contribution in [0.4, 0.5) is 4.79 Å². The van der Waals surface area contributed by atoms with Gasteiger partial charge in [0.25, 0.3) is 0 Å². The van der Waals surface area contributed by atoms with Crippen molar-refractivity contribution in [2.75, 3.05) is 26.7 Å². The number of halogens is 1. The summed E-state index contributed by atoms with van der Waals surface area (Å²) < 4.78 is 5.36. The second-order valence-corrected chi connectivity index (χ2v) is 5.79. The normalized spacial score (nSPS) is 14.5. The van der Waals surface area contributed by atoms with Crippen LogP contribution in [0.5, 0.6) is 0 Å². The van der Waals surface area contributed by atoms with Crippen molar-refractivity contribution < 1.29 is 14.1 Å². The zero-order valence-corrected chi connectivity index (χ0v) is 17.7. The second-order valence-electron chi connectivity index (χ2n) is 5.79. The van der Waals surface area contributed by atoms with E-state index in [0.717, 1.165) is 24.3 Å². The van der Waals surface area contributed by atoms with E-state index in [4.69, 9.17) is 4.52 Å². The number of hydrogen-bond donors (Lipinski definition) is 3. The van der Waals surface area contributed by atoms with Crippen molar-refractivity contribution in [2.45, 2.75) is 39.2 Å². The third-order valence-electron chi connectivity index (χ3n) is 4.20. The zero-order valence-electron chi connectivity index (χ0n) is 15.4. The molecule has 1 aromatic rings. The van der Waals surface area contributed by atoms with E-state index in [9.17, 15) is 9.59 Å². The number of nitrogens with zero attached hydrogens (tertiary/aromatic N) is 3. The van der Waals surface area contributed by atoms with Crippen LogP contribution in [0.15, 0.2) is 15.6 Å². The summed E-state index contributed by atoms with van der Waals surface area (Å²) in [6.07, 6.45) is 2.06. The summed E-state index contributed by atoms with van der Waals surface area (Å²) in [5, 5.41) is 12.8. The summed E-state index contributed by atoms with van der Waals surface area (Å²) >= 11 is 0. The third-order valence-corrected chi connectivity index (χ3v) is 4.20. The van der Waals surface area contributed by atoms with E-state index in [0.29, 0.717) is 25.0 Å². The lowest BCUT2D eigenvalue weighted by Crippen LogP contribution is -2.42. The Labute approximate surface area is 170 Å². The number of amides is 3. The summed E-state index contributed by atoms with van der Waals surface area (Å²) in [6.45, 7) is 5.49. The fraction of sp³-hybridized carbons (Fsp3) is 0.625. The maximum absolute atomic E-state index is 11.5. The predicted octanol–water partition coefficient (Wildman–Crippen LogP) is 1.41. The van der Waals surface area contributed by atoms with Gasteiger partial charge in [0.15, 0.2) is 11.7 Å². The molecule has 0 atom stereocenters. The molecule has 1 fully saturated rings. The van der Waals surface area contributed by atoms with E-state index in [1.54, 1.807) is 7.05 Å².